The van der Waals surface area contributed by atoms with Gasteiger partial charge in [-0.2, -0.15) is 0 Å². The van der Waals surface area contributed by atoms with E-state index < -0.39 is 59.9 Å². The number of fused-ring (bicyclic) bond motifs is 2. The Hall–Kier alpha value is -4.07. The first-order valence-electron chi connectivity index (χ1n) is 15.1. The number of ether oxygens (including phenoxy) is 5. The van der Waals surface area contributed by atoms with Gasteiger partial charge in [-0.15, -0.1) is 0 Å². The van der Waals surface area contributed by atoms with Gasteiger partial charge in [0, 0.05) is 43.8 Å². The van der Waals surface area contributed by atoms with Gasteiger partial charge in [0.25, 0.3) is 5.91 Å². The number of Topliss-reactive ketones (excluding diaryl/α,β-unsaturated/α-hetero) is 1. The van der Waals surface area contributed by atoms with Crippen LogP contribution in [0, 0.1) is 11.8 Å². The van der Waals surface area contributed by atoms with E-state index in [9.17, 15) is 24.0 Å². The number of ketones is 2. The number of esters is 1. The summed E-state index contributed by atoms with van der Waals surface area (Å²) in [5.74, 6) is -3.02. The highest BCUT2D eigenvalue weighted by Crippen LogP contribution is 2.30. The Kier molecular flexibility index (Phi) is 15.1. The van der Waals surface area contributed by atoms with Crippen molar-refractivity contribution < 1.29 is 47.7 Å². The number of hydrogen-bond acceptors (Lipinski definition) is 11. The average molecular weight is 646 g/mol. The lowest BCUT2D eigenvalue weighted by Crippen LogP contribution is -2.40. The molecular formula is C33H47N3O10. The molecule has 0 aromatic carbocycles. The molecule has 6 atom stereocenters. The van der Waals surface area contributed by atoms with Gasteiger partial charge in [-0.25, -0.2) is 4.79 Å². The van der Waals surface area contributed by atoms with Gasteiger partial charge in [0.05, 0.1) is 18.9 Å². The zero-order valence-corrected chi connectivity index (χ0v) is 27.6. The van der Waals surface area contributed by atoms with E-state index in [0.717, 1.165) is 6.08 Å². The summed E-state index contributed by atoms with van der Waals surface area (Å²) in [4.78, 5) is 64.2. The molecule has 13 nitrogen and oxygen atoms in total. The number of allylic oxidation sites excluding steroid dienone is 4. The first-order chi connectivity index (χ1) is 21.8. The van der Waals surface area contributed by atoms with Crippen LogP contribution in [0.1, 0.15) is 53.4 Å². The summed E-state index contributed by atoms with van der Waals surface area (Å²) in [6, 6.07) is 0. The molecule has 5 N–H and O–H groups in total. The molecule has 2 amide bonds. The van der Waals surface area contributed by atoms with Crippen molar-refractivity contribution in [3.63, 3.8) is 0 Å². The minimum Gasteiger partial charge on any atom is -0.492 e. The number of hydrogen-bond donors (Lipinski definition) is 3. The van der Waals surface area contributed by atoms with E-state index in [1.54, 1.807) is 19.1 Å². The van der Waals surface area contributed by atoms with Crippen molar-refractivity contribution in [1.29, 1.82) is 0 Å². The highest BCUT2D eigenvalue weighted by atomic mass is 16.6. The number of rotatable bonds is 8. The van der Waals surface area contributed by atoms with Crippen LogP contribution >= 0.6 is 0 Å². The van der Waals surface area contributed by atoms with Crippen LogP contribution in [0.15, 0.2) is 58.6 Å². The second kappa shape index (κ2) is 18.2. The van der Waals surface area contributed by atoms with E-state index >= 15 is 0 Å². The summed E-state index contributed by atoms with van der Waals surface area (Å²) in [6.45, 7) is 7.27. The second-order valence-corrected chi connectivity index (χ2v) is 11.4. The zero-order valence-electron chi connectivity index (χ0n) is 27.6. The highest BCUT2D eigenvalue weighted by Gasteiger charge is 2.35. The van der Waals surface area contributed by atoms with Crippen molar-refractivity contribution in [2.75, 3.05) is 27.9 Å². The first kappa shape index (κ1) is 38.1. The fourth-order valence-electron chi connectivity index (χ4n) is 5.41. The number of nitrogens with two attached hydrogens (primary N) is 2. The Balaban J connectivity index is 2.70. The standard InChI is InChI=1S/C33H47N3O10/c1-18-14-22-28(39)23(17-24(37)31(22)44-7)36-32(40)19(2)10-8-11-25(42-5)29(46-33(35)41)20(3)16-21(4)30(26(15-18)43-6)45-27(38)12-9-13-34/h8,10-11,16-18,21,25-26,29-30H,9,12-15,34H2,1-7H3,(H2,35,41)(H,36,40)/b11-8-,19-10+,20-16+. The summed E-state index contributed by atoms with van der Waals surface area (Å²) in [5, 5.41) is 2.53. The molecule has 6 unspecified atom stereocenters. The third kappa shape index (κ3) is 10.5. The topological polar surface area (TPSA) is 196 Å². The lowest BCUT2D eigenvalue weighted by molar-refractivity contribution is -0.160. The maximum atomic E-state index is 13.5. The van der Waals surface area contributed by atoms with E-state index in [4.69, 9.17) is 35.2 Å². The Labute approximate surface area is 270 Å². The number of carbonyl (C=O) groups is 5. The van der Waals surface area contributed by atoms with Crippen LogP contribution < -0.4 is 16.8 Å². The number of amides is 2. The van der Waals surface area contributed by atoms with E-state index in [0.29, 0.717) is 25.0 Å². The first-order valence-corrected chi connectivity index (χ1v) is 15.1. The minimum atomic E-state index is -1.03. The van der Waals surface area contributed by atoms with Crippen LogP contribution in [-0.4, -0.2) is 81.8 Å². The molecule has 2 aliphatic rings. The number of carbonyl (C=O) groups excluding carboxylic acids is 5. The predicted molar refractivity (Wildman–Crippen MR) is 169 cm³/mol. The quantitative estimate of drug-likeness (QED) is 0.199. The maximum absolute atomic E-state index is 13.5. The summed E-state index contributed by atoms with van der Waals surface area (Å²) in [7, 11) is 4.21. The van der Waals surface area contributed by atoms with Crippen molar-refractivity contribution >= 4 is 29.5 Å². The zero-order chi connectivity index (χ0) is 34.6. The van der Waals surface area contributed by atoms with Gasteiger partial charge in [0.15, 0.2) is 11.9 Å². The van der Waals surface area contributed by atoms with Crippen LogP contribution in [0.2, 0.25) is 0 Å². The molecule has 1 aliphatic heterocycles. The van der Waals surface area contributed by atoms with Gasteiger partial charge < -0.3 is 40.5 Å². The maximum Gasteiger partial charge on any atom is 0.405 e. The van der Waals surface area contributed by atoms with E-state index in [1.165, 1.54) is 40.4 Å². The van der Waals surface area contributed by atoms with Crippen LogP contribution in [0.3, 0.4) is 0 Å². The second-order valence-electron chi connectivity index (χ2n) is 11.4. The van der Waals surface area contributed by atoms with Crippen LogP contribution in [0.4, 0.5) is 4.79 Å². The predicted octanol–water partition coefficient (Wildman–Crippen LogP) is 2.70. The molecule has 2 bridgehead atoms. The molecule has 0 saturated carbocycles. The number of methoxy groups -OCH3 is 3. The summed E-state index contributed by atoms with van der Waals surface area (Å²) >= 11 is 0. The number of primary amides is 1. The Bertz CT molecular complexity index is 1310. The van der Waals surface area contributed by atoms with Crippen LogP contribution in [-0.2, 0) is 42.9 Å². The van der Waals surface area contributed by atoms with Crippen molar-refractivity contribution in [3.05, 3.63) is 58.6 Å². The molecule has 0 fully saturated rings. The minimum absolute atomic E-state index is 0.104. The highest BCUT2D eigenvalue weighted by molar-refractivity contribution is 6.23. The monoisotopic (exact) mass is 645 g/mol. The average Bonchev–Trinajstić information content (AvgIpc) is 3.00. The molecular weight excluding hydrogens is 598 g/mol. The van der Waals surface area contributed by atoms with Crippen molar-refractivity contribution in [2.24, 2.45) is 23.3 Å². The van der Waals surface area contributed by atoms with Crippen LogP contribution in [0.5, 0.6) is 0 Å². The molecule has 1 heterocycles. The normalized spacial score (nSPS) is 29.8. The third-order valence-electron chi connectivity index (χ3n) is 7.76. The smallest absolute Gasteiger partial charge is 0.405 e. The van der Waals surface area contributed by atoms with Gasteiger partial charge in [0.1, 0.15) is 12.2 Å². The van der Waals surface area contributed by atoms with E-state index in [-0.39, 0.29) is 41.4 Å². The lowest BCUT2D eigenvalue weighted by atomic mass is 9.85. The fraction of sp³-hybridized carbons (Fsp3) is 0.545. The molecule has 2 rings (SSSR count). The molecule has 0 radical (unpaired) electrons. The SMILES string of the molecule is COC1=C2CC(C)CC(OC)C(OC(=O)CCCN)C(C)/C=C(\C)C(OC(N)=O)C(OC)/C=C\C=C(/C)C(=O)NC(=CC1=O)C2=O. The number of nitrogens with one attached hydrogen (secondary N) is 1. The van der Waals surface area contributed by atoms with Crippen LogP contribution in [0.25, 0.3) is 0 Å². The molecule has 13 heteroatoms. The third-order valence-corrected chi connectivity index (χ3v) is 7.76. The van der Waals surface area contributed by atoms with Gasteiger partial charge in [-0.05, 0) is 51.1 Å². The Morgan fingerprint density at radius 1 is 1.04 bits per heavy atom. The van der Waals surface area contributed by atoms with Gasteiger partial charge in [-0.3, -0.25) is 19.2 Å². The van der Waals surface area contributed by atoms with Crippen molar-refractivity contribution in [3.8, 4) is 0 Å². The summed E-state index contributed by atoms with van der Waals surface area (Å²) in [5.41, 5.74) is 11.7. The lowest BCUT2D eigenvalue weighted by Gasteiger charge is -2.32. The molecule has 1 aliphatic carbocycles. The molecule has 0 aromatic rings. The van der Waals surface area contributed by atoms with E-state index in [2.05, 4.69) is 5.32 Å². The molecule has 0 spiro atoms. The van der Waals surface area contributed by atoms with Crippen molar-refractivity contribution in [2.45, 2.75) is 77.8 Å². The summed E-state index contributed by atoms with van der Waals surface area (Å²) < 4.78 is 28.2. The van der Waals surface area contributed by atoms with Gasteiger partial charge >= 0.3 is 12.1 Å². The summed E-state index contributed by atoms with van der Waals surface area (Å²) in [6.07, 6.45) is 4.09. The molecule has 0 aromatic heterocycles. The molecule has 46 heavy (non-hydrogen) atoms. The molecule has 254 valence electrons. The van der Waals surface area contributed by atoms with Gasteiger partial charge in [0.2, 0.25) is 11.6 Å². The van der Waals surface area contributed by atoms with E-state index in [1.807, 2.05) is 13.8 Å². The Morgan fingerprint density at radius 3 is 2.33 bits per heavy atom. The van der Waals surface area contributed by atoms with Gasteiger partial charge in [-0.1, -0.05) is 38.2 Å². The molecule has 0 saturated heterocycles. The fourth-order valence-corrected chi connectivity index (χ4v) is 5.41. The Morgan fingerprint density at radius 2 is 1.74 bits per heavy atom. The van der Waals surface area contributed by atoms with Crippen molar-refractivity contribution in [1.82, 2.24) is 5.32 Å². The largest absolute Gasteiger partial charge is 0.492 e.